The number of unbranched alkanes of at least 4 members (excludes halogenated alkanes) is 1. The summed E-state index contributed by atoms with van der Waals surface area (Å²) in [5.74, 6) is 1.29. The number of rotatable bonds is 8. The SMILES string of the molecule is CCCCC(C)(CC)OOc1cccc(C(C)C)c1. The van der Waals surface area contributed by atoms with Crippen LogP contribution in [0.5, 0.6) is 5.75 Å². The molecule has 0 aliphatic heterocycles. The monoisotopic (exact) mass is 264 g/mol. The fourth-order valence-corrected chi connectivity index (χ4v) is 1.90. The lowest BCUT2D eigenvalue weighted by atomic mass is 9.96. The quantitative estimate of drug-likeness (QED) is 0.457. The summed E-state index contributed by atoms with van der Waals surface area (Å²) >= 11 is 0. The third kappa shape index (κ3) is 5.23. The lowest BCUT2D eigenvalue weighted by Crippen LogP contribution is -2.29. The first kappa shape index (κ1) is 16.0. The summed E-state index contributed by atoms with van der Waals surface area (Å²) in [6.07, 6.45) is 4.34. The molecule has 1 atom stereocenters. The van der Waals surface area contributed by atoms with Crippen molar-refractivity contribution in [3.05, 3.63) is 29.8 Å². The van der Waals surface area contributed by atoms with E-state index >= 15 is 0 Å². The highest BCUT2D eigenvalue weighted by Gasteiger charge is 2.24. The zero-order valence-electron chi connectivity index (χ0n) is 13.0. The van der Waals surface area contributed by atoms with Crippen molar-refractivity contribution in [1.82, 2.24) is 0 Å². The van der Waals surface area contributed by atoms with E-state index in [0.717, 1.165) is 18.6 Å². The average molecular weight is 264 g/mol. The molecule has 1 aromatic carbocycles. The van der Waals surface area contributed by atoms with Gasteiger partial charge < -0.3 is 4.89 Å². The van der Waals surface area contributed by atoms with Crippen molar-refractivity contribution in [2.45, 2.75) is 71.8 Å². The van der Waals surface area contributed by atoms with E-state index in [2.05, 4.69) is 46.8 Å². The molecule has 1 aromatic rings. The molecule has 0 spiro atoms. The molecule has 0 bridgehead atoms. The van der Waals surface area contributed by atoms with Gasteiger partial charge in [-0.05, 0) is 43.4 Å². The summed E-state index contributed by atoms with van der Waals surface area (Å²) in [7, 11) is 0. The Labute approximate surface area is 118 Å². The van der Waals surface area contributed by atoms with Gasteiger partial charge in [-0.3, -0.25) is 0 Å². The summed E-state index contributed by atoms with van der Waals surface area (Å²) in [6, 6.07) is 8.14. The molecule has 1 unspecified atom stereocenters. The van der Waals surface area contributed by atoms with Gasteiger partial charge in [0.2, 0.25) is 0 Å². The second kappa shape index (κ2) is 7.54. The molecule has 1 rings (SSSR count). The van der Waals surface area contributed by atoms with E-state index in [1.807, 2.05) is 12.1 Å². The minimum Gasteiger partial charge on any atom is -0.337 e. The van der Waals surface area contributed by atoms with Crippen LogP contribution in [0.1, 0.15) is 71.8 Å². The van der Waals surface area contributed by atoms with Crippen molar-refractivity contribution in [1.29, 1.82) is 0 Å². The van der Waals surface area contributed by atoms with E-state index in [-0.39, 0.29) is 5.60 Å². The summed E-state index contributed by atoms with van der Waals surface area (Å²) in [5.41, 5.74) is 1.08. The standard InChI is InChI=1S/C17H28O2/c1-6-8-12-17(5,7-2)19-18-16-11-9-10-15(13-16)14(3)4/h9-11,13-14H,6-8,12H2,1-5H3. The molecule has 0 aliphatic rings. The van der Waals surface area contributed by atoms with Crippen LogP contribution in [-0.4, -0.2) is 5.60 Å². The summed E-state index contributed by atoms with van der Waals surface area (Å²) in [6.45, 7) is 10.8. The predicted molar refractivity (Wildman–Crippen MR) is 80.5 cm³/mol. The Bertz CT molecular complexity index is 373. The Kier molecular flexibility index (Phi) is 6.36. The molecule has 0 fully saturated rings. The molecule has 0 aliphatic carbocycles. The molecule has 0 N–H and O–H groups in total. The molecule has 0 amide bonds. The maximum absolute atomic E-state index is 5.70. The first-order chi connectivity index (χ1) is 9.00. The third-order valence-corrected chi connectivity index (χ3v) is 3.67. The molecule has 0 saturated heterocycles. The Hall–Kier alpha value is -1.02. The van der Waals surface area contributed by atoms with Gasteiger partial charge in [0.1, 0.15) is 5.60 Å². The van der Waals surface area contributed by atoms with E-state index < -0.39 is 0 Å². The molecular formula is C17H28O2. The lowest BCUT2D eigenvalue weighted by Gasteiger charge is -2.26. The van der Waals surface area contributed by atoms with E-state index in [1.165, 1.54) is 18.4 Å². The molecular weight excluding hydrogens is 236 g/mol. The zero-order valence-corrected chi connectivity index (χ0v) is 13.0. The molecule has 0 aromatic heterocycles. The minimum atomic E-state index is -0.191. The van der Waals surface area contributed by atoms with E-state index in [1.54, 1.807) is 0 Å². The minimum absolute atomic E-state index is 0.191. The average Bonchev–Trinajstić information content (AvgIpc) is 2.43. The highest BCUT2D eigenvalue weighted by Crippen LogP contribution is 2.26. The predicted octanol–water partition coefficient (Wildman–Crippen LogP) is 5.48. The molecule has 2 nitrogen and oxygen atoms in total. The van der Waals surface area contributed by atoms with Crippen LogP contribution in [0.15, 0.2) is 24.3 Å². The number of benzene rings is 1. The van der Waals surface area contributed by atoms with Crippen LogP contribution in [0.4, 0.5) is 0 Å². The van der Waals surface area contributed by atoms with Gasteiger partial charge in [-0.2, -0.15) is 4.89 Å². The molecule has 0 radical (unpaired) electrons. The Morgan fingerprint density at radius 2 is 1.95 bits per heavy atom. The fourth-order valence-electron chi connectivity index (χ4n) is 1.90. The molecule has 0 heterocycles. The van der Waals surface area contributed by atoms with Crippen LogP contribution < -0.4 is 4.89 Å². The summed E-state index contributed by atoms with van der Waals surface area (Å²) in [5, 5.41) is 0. The zero-order chi connectivity index (χ0) is 14.3. The van der Waals surface area contributed by atoms with E-state index in [0.29, 0.717) is 5.92 Å². The van der Waals surface area contributed by atoms with Crippen molar-refractivity contribution < 1.29 is 9.78 Å². The van der Waals surface area contributed by atoms with Crippen LogP contribution in [0, 0.1) is 0 Å². The van der Waals surface area contributed by atoms with Gasteiger partial charge in [-0.25, -0.2) is 0 Å². The Morgan fingerprint density at radius 3 is 2.53 bits per heavy atom. The first-order valence-corrected chi connectivity index (χ1v) is 7.46. The largest absolute Gasteiger partial charge is 0.337 e. The maximum atomic E-state index is 5.70. The Balaban J connectivity index is 2.61. The van der Waals surface area contributed by atoms with Crippen molar-refractivity contribution in [2.24, 2.45) is 0 Å². The normalized spacial score (nSPS) is 14.4. The van der Waals surface area contributed by atoms with Crippen LogP contribution in [-0.2, 0) is 4.89 Å². The van der Waals surface area contributed by atoms with Gasteiger partial charge in [-0.15, -0.1) is 0 Å². The molecule has 0 saturated carbocycles. The summed E-state index contributed by atoms with van der Waals surface area (Å²) < 4.78 is 0. The third-order valence-electron chi connectivity index (χ3n) is 3.67. The molecule has 108 valence electrons. The van der Waals surface area contributed by atoms with Crippen molar-refractivity contribution in [3.63, 3.8) is 0 Å². The maximum Gasteiger partial charge on any atom is 0.165 e. The molecule has 19 heavy (non-hydrogen) atoms. The van der Waals surface area contributed by atoms with Crippen molar-refractivity contribution in [2.75, 3.05) is 0 Å². The summed E-state index contributed by atoms with van der Waals surface area (Å²) in [4.78, 5) is 11.3. The Morgan fingerprint density at radius 1 is 1.21 bits per heavy atom. The highest BCUT2D eigenvalue weighted by atomic mass is 17.2. The van der Waals surface area contributed by atoms with Gasteiger partial charge in [0.25, 0.3) is 0 Å². The van der Waals surface area contributed by atoms with Crippen LogP contribution >= 0.6 is 0 Å². The van der Waals surface area contributed by atoms with Crippen molar-refractivity contribution in [3.8, 4) is 5.75 Å². The highest BCUT2D eigenvalue weighted by molar-refractivity contribution is 5.29. The smallest absolute Gasteiger partial charge is 0.165 e. The number of hydrogen-bond donors (Lipinski definition) is 0. The van der Waals surface area contributed by atoms with Gasteiger partial charge in [0.05, 0.1) is 0 Å². The van der Waals surface area contributed by atoms with E-state index in [9.17, 15) is 0 Å². The fraction of sp³-hybridized carbons (Fsp3) is 0.647. The van der Waals surface area contributed by atoms with Crippen LogP contribution in [0.3, 0.4) is 0 Å². The lowest BCUT2D eigenvalue weighted by molar-refractivity contribution is -0.289. The topological polar surface area (TPSA) is 18.5 Å². The van der Waals surface area contributed by atoms with Crippen LogP contribution in [0.25, 0.3) is 0 Å². The van der Waals surface area contributed by atoms with Gasteiger partial charge in [0.15, 0.2) is 5.75 Å². The van der Waals surface area contributed by atoms with E-state index in [4.69, 9.17) is 9.78 Å². The van der Waals surface area contributed by atoms with Gasteiger partial charge in [0, 0.05) is 0 Å². The second-order valence-corrected chi connectivity index (χ2v) is 5.80. The van der Waals surface area contributed by atoms with Crippen LogP contribution in [0.2, 0.25) is 0 Å². The van der Waals surface area contributed by atoms with Gasteiger partial charge in [-0.1, -0.05) is 52.7 Å². The van der Waals surface area contributed by atoms with Gasteiger partial charge >= 0.3 is 0 Å². The van der Waals surface area contributed by atoms with Crippen molar-refractivity contribution >= 4 is 0 Å². The molecule has 2 heteroatoms. The second-order valence-electron chi connectivity index (χ2n) is 5.80. The number of hydrogen-bond acceptors (Lipinski definition) is 2. The first-order valence-electron chi connectivity index (χ1n) is 7.46.